The lowest BCUT2D eigenvalue weighted by Crippen LogP contribution is -2.30. The van der Waals surface area contributed by atoms with Crippen molar-refractivity contribution in [1.29, 1.82) is 0 Å². The summed E-state index contributed by atoms with van der Waals surface area (Å²) in [5.41, 5.74) is 0. The number of aliphatic hydroxyl groups is 1. The molecule has 0 amide bonds. The molecule has 0 aromatic carbocycles. The van der Waals surface area contributed by atoms with Crippen LogP contribution in [-0.2, 0) is 65.4 Å². The Kier molecular flexibility index (Phi) is 75.4. The number of phosphoric ester groups is 2. The van der Waals surface area contributed by atoms with Crippen LogP contribution in [0.2, 0.25) is 0 Å². The number of allylic oxidation sites excluding steroid dienone is 28. The van der Waals surface area contributed by atoms with E-state index in [1.165, 1.54) is 70.6 Å². The van der Waals surface area contributed by atoms with E-state index in [-0.39, 0.29) is 25.7 Å². The summed E-state index contributed by atoms with van der Waals surface area (Å²) in [5, 5.41) is 10.7. The molecule has 0 bridgehead atoms. The van der Waals surface area contributed by atoms with Crippen LogP contribution in [0.3, 0.4) is 0 Å². The first-order valence-electron chi connectivity index (χ1n) is 41.4. The topological polar surface area (TPSA) is 237 Å². The van der Waals surface area contributed by atoms with Crippen molar-refractivity contribution in [2.45, 2.75) is 329 Å². The molecule has 0 saturated carbocycles. The molecule has 2 unspecified atom stereocenters. The third kappa shape index (κ3) is 78.5. The zero-order valence-electron chi connectivity index (χ0n) is 67.2. The lowest BCUT2D eigenvalue weighted by atomic mass is 10.0. The van der Waals surface area contributed by atoms with E-state index >= 15 is 0 Å². The minimum absolute atomic E-state index is 0.0379. The van der Waals surface area contributed by atoms with Gasteiger partial charge in [-0.25, -0.2) is 9.13 Å². The van der Waals surface area contributed by atoms with Crippen LogP contribution >= 0.6 is 15.6 Å². The predicted octanol–water partition coefficient (Wildman–Crippen LogP) is 24.6. The fourth-order valence-corrected chi connectivity index (χ4v) is 12.0. The van der Waals surface area contributed by atoms with E-state index in [9.17, 15) is 43.2 Å². The number of hydrogen-bond donors (Lipinski definition) is 3. The van der Waals surface area contributed by atoms with Crippen LogP contribution in [0.4, 0.5) is 0 Å². The Labute approximate surface area is 654 Å². The van der Waals surface area contributed by atoms with Gasteiger partial charge < -0.3 is 33.8 Å². The molecule has 19 heteroatoms. The molecule has 0 spiro atoms. The van der Waals surface area contributed by atoms with E-state index < -0.39 is 97.5 Å². The van der Waals surface area contributed by atoms with Crippen LogP contribution in [0.15, 0.2) is 170 Å². The number of ether oxygens (including phenoxy) is 4. The number of esters is 4. The van der Waals surface area contributed by atoms with Crippen molar-refractivity contribution in [3.8, 4) is 0 Å². The Balaban J connectivity index is 5.48. The molecule has 0 aliphatic rings. The Morgan fingerprint density at radius 1 is 0.269 bits per heavy atom. The van der Waals surface area contributed by atoms with Gasteiger partial charge in [-0.15, -0.1) is 0 Å². The predicted molar refractivity (Wildman–Crippen MR) is 445 cm³/mol. The van der Waals surface area contributed by atoms with Gasteiger partial charge in [0.1, 0.15) is 19.3 Å². The Bertz CT molecular complexity index is 2710. The summed E-state index contributed by atoms with van der Waals surface area (Å²) in [6.07, 6.45) is 94.7. The lowest BCUT2D eigenvalue weighted by molar-refractivity contribution is -0.161. The van der Waals surface area contributed by atoms with Crippen LogP contribution in [0.1, 0.15) is 310 Å². The van der Waals surface area contributed by atoms with Crippen LogP contribution in [0, 0.1) is 0 Å². The van der Waals surface area contributed by atoms with Gasteiger partial charge in [0.15, 0.2) is 12.2 Å². The molecule has 0 fully saturated rings. The highest BCUT2D eigenvalue weighted by atomic mass is 31.2. The van der Waals surface area contributed by atoms with Crippen LogP contribution in [-0.4, -0.2) is 96.7 Å². The molecule has 0 aliphatic heterocycles. The third-order valence-corrected chi connectivity index (χ3v) is 18.6. The average Bonchev–Trinajstić information content (AvgIpc) is 0.913. The number of carbonyl (C=O) groups excluding carboxylic acids is 4. The smallest absolute Gasteiger partial charge is 0.462 e. The summed E-state index contributed by atoms with van der Waals surface area (Å²) in [7, 11) is -10.0. The standard InChI is InChI=1S/C89H146O17P2/c1-5-9-13-17-21-25-29-33-36-39-41-44-47-51-54-58-62-66-70-74-87(92)99-79-84(105-88(93)75-71-67-63-59-55-49-32-28-24-20-16-12-8-4)81-103-107(95,96)101-77-83(90)78-102-108(97,98)104-82-85(80-100-86(91)73-69-65-61-57-53-50-46-43-38-35-31-27-23-19-15-11-7-3)106-89(94)76-72-68-64-60-56-52-48-45-42-40-37-34-30-26-22-18-14-10-6-2/h9-10,13-14,21-23,25-27,33-38,41-42,44-46,50-52,54,56-57,61,83-85,90H,5-8,11-12,15-20,24,28-32,39-40,43,47-49,53,55,58-60,62-82H2,1-4H3,(H,95,96)(H,97,98)/b13-9-,14-10-,25-21-,26-22-,27-23-,36-33-,37-34-,38-35-,44-41-,45-42-,50-46-,54-51-,56-52-,61-57-/t83-,84-,85-/m1/s1. The summed E-state index contributed by atoms with van der Waals surface area (Å²) in [6.45, 7) is 4.48. The normalized spacial score (nSPS) is 14.7. The second-order valence-electron chi connectivity index (χ2n) is 27.0. The van der Waals surface area contributed by atoms with Gasteiger partial charge in [0.2, 0.25) is 0 Å². The largest absolute Gasteiger partial charge is 0.472 e. The fourth-order valence-electron chi connectivity index (χ4n) is 10.4. The fraction of sp³-hybridized carbons (Fsp3) is 0.640. The first-order chi connectivity index (χ1) is 52.7. The second-order valence-corrected chi connectivity index (χ2v) is 29.9. The lowest BCUT2D eigenvalue weighted by Gasteiger charge is -2.21. The minimum Gasteiger partial charge on any atom is -0.462 e. The van der Waals surface area contributed by atoms with E-state index in [0.717, 1.165) is 154 Å². The van der Waals surface area contributed by atoms with E-state index in [4.69, 9.17) is 37.0 Å². The quantitative estimate of drug-likeness (QED) is 0.0169. The van der Waals surface area contributed by atoms with Crippen LogP contribution < -0.4 is 0 Å². The van der Waals surface area contributed by atoms with Crippen molar-refractivity contribution in [2.75, 3.05) is 39.6 Å². The SMILES string of the molecule is CC/C=C\C/C=C\C/C=C\C/C=C\C/C=C\CCCCCC(=O)OC[C@H](COP(=O)(O)OC[C@@H](O)COP(=O)(O)OC[C@@H](COC(=O)CCC/C=C\C/C=C\C/C=C\C/C=C\CCCCC)OC(=O)CCCCC/C=C\C/C=C\C/C=C\C/C=C\C/C=C\CC)OC(=O)CCCCCCCCCCCCCCC. The summed E-state index contributed by atoms with van der Waals surface area (Å²) in [5.74, 6) is -2.32. The zero-order valence-corrected chi connectivity index (χ0v) is 69.0. The van der Waals surface area contributed by atoms with Gasteiger partial charge in [-0.3, -0.25) is 37.3 Å². The third-order valence-electron chi connectivity index (χ3n) is 16.7. The van der Waals surface area contributed by atoms with Crippen molar-refractivity contribution in [3.63, 3.8) is 0 Å². The van der Waals surface area contributed by atoms with Gasteiger partial charge in [-0.05, 0) is 154 Å². The van der Waals surface area contributed by atoms with Crippen LogP contribution in [0.25, 0.3) is 0 Å². The van der Waals surface area contributed by atoms with Crippen molar-refractivity contribution in [2.24, 2.45) is 0 Å². The number of rotatable bonds is 76. The van der Waals surface area contributed by atoms with Gasteiger partial charge in [0.05, 0.1) is 26.4 Å². The molecule has 17 nitrogen and oxygen atoms in total. The first-order valence-corrected chi connectivity index (χ1v) is 44.4. The molecule has 3 N–H and O–H groups in total. The molecule has 5 atom stereocenters. The highest BCUT2D eigenvalue weighted by Gasteiger charge is 2.30. The molecule has 0 radical (unpaired) electrons. The molecule has 108 heavy (non-hydrogen) atoms. The molecule has 614 valence electrons. The maximum Gasteiger partial charge on any atom is 0.472 e. The number of hydrogen-bond acceptors (Lipinski definition) is 15. The monoisotopic (exact) mass is 1550 g/mol. The Morgan fingerprint density at radius 2 is 0.491 bits per heavy atom. The van der Waals surface area contributed by atoms with Crippen molar-refractivity contribution >= 4 is 39.5 Å². The van der Waals surface area contributed by atoms with Gasteiger partial charge in [-0.2, -0.15) is 0 Å². The van der Waals surface area contributed by atoms with Crippen molar-refractivity contribution in [1.82, 2.24) is 0 Å². The first kappa shape index (κ1) is 102. The Hall–Kier alpha value is -5.58. The maximum absolute atomic E-state index is 13.1. The van der Waals surface area contributed by atoms with E-state index in [0.29, 0.717) is 32.1 Å². The van der Waals surface area contributed by atoms with E-state index in [1.807, 2.05) is 12.2 Å². The number of unbranched alkanes of at least 4 members (excludes halogenated alkanes) is 22. The molecule has 0 aliphatic carbocycles. The summed E-state index contributed by atoms with van der Waals surface area (Å²) < 4.78 is 68.6. The maximum atomic E-state index is 13.1. The molecule has 0 aromatic rings. The molecular formula is C89H146O17P2. The van der Waals surface area contributed by atoms with Crippen molar-refractivity contribution in [3.05, 3.63) is 170 Å². The molecule has 0 aromatic heterocycles. The summed E-state index contributed by atoms with van der Waals surface area (Å²) in [4.78, 5) is 73.1. The van der Waals surface area contributed by atoms with Gasteiger partial charge in [-0.1, -0.05) is 301 Å². The van der Waals surface area contributed by atoms with E-state index in [2.05, 4.69) is 186 Å². The number of carbonyl (C=O) groups is 4. The summed E-state index contributed by atoms with van der Waals surface area (Å²) >= 11 is 0. The molecule has 0 saturated heterocycles. The summed E-state index contributed by atoms with van der Waals surface area (Å²) in [6, 6.07) is 0. The molecule has 0 rings (SSSR count). The van der Waals surface area contributed by atoms with Gasteiger partial charge in [0, 0.05) is 25.7 Å². The highest BCUT2D eigenvalue weighted by molar-refractivity contribution is 7.47. The average molecular weight is 1550 g/mol. The van der Waals surface area contributed by atoms with Crippen molar-refractivity contribution < 1.29 is 80.2 Å². The van der Waals surface area contributed by atoms with E-state index in [1.54, 1.807) is 0 Å². The molecule has 0 heterocycles. The number of aliphatic hydroxyl groups excluding tert-OH is 1. The Morgan fingerprint density at radius 3 is 0.796 bits per heavy atom. The minimum atomic E-state index is -5.01. The molecular weight excluding hydrogens is 1400 g/mol. The van der Waals surface area contributed by atoms with Gasteiger partial charge >= 0.3 is 39.5 Å². The highest BCUT2D eigenvalue weighted by Crippen LogP contribution is 2.45. The van der Waals surface area contributed by atoms with Gasteiger partial charge in [0.25, 0.3) is 0 Å². The second kappa shape index (κ2) is 79.5. The zero-order chi connectivity index (χ0) is 78.9. The number of phosphoric acid groups is 2. The van der Waals surface area contributed by atoms with Crippen LogP contribution in [0.5, 0.6) is 0 Å².